The zero-order valence-electron chi connectivity index (χ0n) is 8.14. The second-order valence-corrected chi connectivity index (χ2v) is 3.28. The molecule has 0 saturated carbocycles. The molecule has 2 nitrogen and oxygen atoms in total. The maximum absolute atomic E-state index is 8.75. The van der Waals surface area contributed by atoms with E-state index in [1.54, 1.807) is 6.07 Å². The maximum Gasteiger partial charge on any atom is 0.101 e. The Hall–Kier alpha value is -2.27. The summed E-state index contributed by atoms with van der Waals surface area (Å²) in [5.41, 5.74) is 8.94. The second-order valence-electron chi connectivity index (χ2n) is 3.28. The Morgan fingerprint density at radius 2 is 1.67 bits per heavy atom. The fourth-order valence-electron chi connectivity index (χ4n) is 1.47. The van der Waals surface area contributed by atoms with Gasteiger partial charge < -0.3 is 5.73 Å². The fourth-order valence-corrected chi connectivity index (χ4v) is 1.47. The summed E-state index contributed by atoms with van der Waals surface area (Å²) in [6, 6.07) is 17.5. The Kier molecular flexibility index (Phi) is 2.38. The van der Waals surface area contributed by atoms with E-state index in [1.807, 2.05) is 48.5 Å². The molecule has 0 aliphatic rings. The van der Waals surface area contributed by atoms with E-state index in [2.05, 4.69) is 0 Å². The molecule has 72 valence electrons. The summed E-state index contributed by atoms with van der Waals surface area (Å²) in [6.45, 7) is 0. The second kappa shape index (κ2) is 3.85. The predicted octanol–water partition coefficient (Wildman–Crippen LogP) is 2.81. The van der Waals surface area contributed by atoms with Gasteiger partial charge in [0.25, 0.3) is 0 Å². The number of benzene rings is 2. The van der Waals surface area contributed by atoms with Gasteiger partial charge in [-0.05, 0) is 23.3 Å². The third-order valence-corrected chi connectivity index (χ3v) is 2.28. The molecule has 2 heteroatoms. The topological polar surface area (TPSA) is 49.8 Å². The summed E-state index contributed by atoms with van der Waals surface area (Å²) in [5, 5.41) is 8.75. The van der Waals surface area contributed by atoms with E-state index in [9.17, 15) is 0 Å². The molecule has 0 aliphatic heterocycles. The normalized spacial score (nSPS) is 9.53. The van der Waals surface area contributed by atoms with Crippen LogP contribution in [-0.2, 0) is 0 Å². The molecule has 0 unspecified atom stereocenters. The van der Waals surface area contributed by atoms with Crippen molar-refractivity contribution >= 4 is 5.69 Å². The van der Waals surface area contributed by atoms with Crippen LogP contribution in [0, 0.1) is 11.3 Å². The van der Waals surface area contributed by atoms with E-state index >= 15 is 0 Å². The van der Waals surface area contributed by atoms with E-state index in [1.165, 1.54) is 0 Å². The number of hydrogen-bond donors (Lipinski definition) is 1. The quantitative estimate of drug-likeness (QED) is 0.709. The molecule has 2 aromatic carbocycles. The van der Waals surface area contributed by atoms with Crippen molar-refractivity contribution in [3.05, 3.63) is 54.1 Å². The molecule has 2 rings (SSSR count). The zero-order valence-corrected chi connectivity index (χ0v) is 8.14. The van der Waals surface area contributed by atoms with Crippen LogP contribution < -0.4 is 5.73 Å². The van der Waals surface area contributed by atoms with Crippen LogP contribution in [0.15, 0.2) is 48.5 Å². The molecule has 15 heavy (non-hydrogen) atoms. The van der Waals surface area contributed by atoms with E-state index in [0.717, 1.165) is 11.1 Å². The Bertz CT molecular complexity index is 510. The zero-order chi connectivity index (χ0) is 10.7. The van der Waals surface area contributed by atoms with E-state index < -0.39 is 0 Å². The summed E-state index contributed by atoms with van der Waals surface area (Å²) < 4.78 is 0. The number of nitrogens with two attached hydrogens (primary N) is 1. The molecule has 0 heterocycles. The van der Waals surface area contributed by atoms with Crippen molar-refractivity contribution in [2.75, 3.05) is 5.73 Å². The molecular weight excluding hydrogens is 184 g/mol. The maximum atomic E-state index is 8.75. The van der Waals surface area contributed by atoms with Crippen LogP contribution in [-0.4, -0.2) is 0 Å². The van der Waals surface area contributed by atoms with Crippen molar-refractivity contribution in [3.63, 3.8) is 0 Å². The van der Waals surface area contributed by atoms with Crippen molar-refractivity contribution < 1.29 is 0 Å². The van der Waals surface area contributed by atoms with Gasteiger partial charge in [-0.2, -0.15) is 5.26 Å². The Labute approximate surface area is 88.6 Å². The van der Waals surface area contributed by atoms with Crippen molar-refractivity contribution in [3.8, 4) is 17.2 Å². The fraction of sp³-hybridized carbons (Fsp3) is 0. The molecule has 0 aromatic heterocycles. The van der Waals surface area contributed by atoms with Gasteiger partial charge in [0.1, 0.15) is 6.07 Å². The van der Waals surface area contributed by atoms with Crippen LogP contribution in [0.25, 0.3) is 11.1 Å². The van der Waals surface area contributed by atoms with Crippen molar-refractivity contribution in [2.45, 2.75) is 0 Å². The number of anilines is 1. The smallest absolute Gasteiger partial charge is 0.101 e. The highest BCUT2D eigenvalue weighted by Gasteiger charge is 2.01. The van der Waals surface area contributed by atoms with Gasteiger partial charge in [-0.1, -0.05) is 36.4 Å². The monoisotopic (exact) mass is 194 g/mol. The first-order valence-corrected chi connectivity index (χ1v) is 4.66. The third kappa shape index (κ3) is 1.82. The van der Waals surface area contributed by atoms with Crippen LogP contribution in [0.1, 0.15) is 5.56 Å². The third-order valence-electron chi connectivity index (χ3n) is 2.28. The van der Waals surface area contributed by atoms with Crippen molar-refractivity contribution in [1.29, 1.82) is 5.26 Å². The van der Waals surface area contributed by atoms with Crippen LogP contribution in [0.5, 0.6) is 0 Å². The average molecular weight is 194 g/mol. The van der Waals surface area contributed by atoms with Gasteiger partial charge in [-0.25, -0.2) is 0 Å². The van der Waals surface area contributed by atoms with Gasteiger partial charge in [-0.3, -0.25) is 0 Å². The van der Waals surface area contributed by atoms with Crippen molar-refractivity contribution in [2.24, 2.45) is 0 Å². The van der Waals surface area contributed by atoms with Crippen LogP contribution in [0.4, 0.5) is 5.69 Å². The number of hydrogen-bond acceptors (Lipinski definition) is 2. The minimum Gasteiger partial charge on any atom is -0.398 e. The first-order valence-electron chi connectivity index (χ1n) is 4.66. The summed E-state index contributed by atoms with van der Waals surface area (Å²) >= 11 is 0. The Morgan fingerprint density at radius 3 is 2.27 bits per heavy atom. The molecule has 0 bridgehead atoms. The van der Waals surface area contributed by atoms with E-state index in [0.29, 0.717) is 11.3 Å². The van der Waals surface area contributed by atoms with Gasteiger partial charge >= 0.3 is 0 Å². The lowest BCUT2D eigenvalue weighted by molar-refractivity contribution is 1.48. The highest BCUT2D eigenvalue weighted by molar-refractivity contribution is 5.70. The Balaban J connectivity index is 2.49. The largest absolute Gasteiger partial charge is 0.398 e. The van der Waals surface area contributed by atoms with Gasteiger partial charge in [0, 0.05) is 0 Å². The molecule has 0 saturated heterocycles. The molecule has 0 amide bonds. The molecule has 2 N–H and O–H groups in total. The molecule has 2 aromatic rings. The molecule has 0 radical (unpaired) electrons. The average Bonchev–Trinajstić information content (AvgIpc) is 2.30. The number of nitriles is 1. The van der Waals surface area contributed by atoms with E-state index in [4.69, 9.17) is 11.0 Å². The molecule has 0 spiro atoms. The summed E-state index contributed by atoms with van der Waals surface area (Å²) in [7, 11) is 0. The minimum absolute atomic E-state index is 0.523. The molecule has 0 aliphatic carbocycles. The highest BCUT2D eigenvalue weighted by Crippen LogP contribution is 2.23. The summed E-state index contributed by atoms with van der Waals surface area (Å²) in [5.74, 6) is 0. The lowest BCUT2D eigenvalue weighted by atomic mass is 10.0. The number of nitrogen functional groups attached to an aromatic ring is 1. The first kappa shape index (κ1) is 9.29. The van der Waals surface area contributed by atoms with Gasteiger partial charge in [0.05, 0.1) is 11.3 Å². The van der Waals surface area contributed by atoms with Gasteiger partial charge in [0.2, 0.25) is 0 Å². The number of nitrogens with zero attached hydrogens (tertiary/aromatic N) is 1. The van der Waals surface area contributed by atoms with Gasteiger partial charge in [-0.15, -0.1) is 0 Å². The summed E-state index contributed by atoms with van der Waals surface area (Å²) in [4.78, 5) is 0. The predicted molar refractivity (Wildman–Crippen MR) is 61.0 cm³/mol. The molecule has 0 atom stereocenters. The molecule has 0 fully saturated rings. The highest BCUT2D eigenvalue weighted by atomic mass is 14.6. The van der Waals surface area contributed by atoms with Crippen LogP contribution in [0.2, 0.25) is 0 Å². The Morgan fingerprint density at radius 1 is 0.933 bits per heavy atom. The van der Waals surface area contributed by atoms with E-state index in [-0.39, 0.29) is 0 Å². The van der Waals surface area contributed by atoms with Crippen molar-refractivity contribution in [1.82, 2.24) is 0 Å². The lowest BCUT2D eigenvalue weighted by Crippen LogP contribution is -1.90. The standard InChI is InChI=1S/C13H10N2/c14-9-12-7-6-11(8-13(12)15)10-4-2-1-3-5-10/h1-8H,15H2. The van der Waals surface area contributed by atoms with Gasteiger partial charge in [0.15, 0.2) is 0 Å². The van der Waals surface area contributed by atoms with Crippen LogP contribution in [0.3, 0.4) is 0 Å². The minimum atomic E-state index is 0.523. The summed E-state index contributed by atoms with van der Waals surface area (Å²) in [6.07, 6.45) is 0. The SMILES string of the molecule is N#Cc1ccc(-c2ccccc2)cc1N. The number of rotatable bonds is 1. The van der Waals surface area contributed by atoms with Crippen LogP contribution >= 0.6 is 0 Å². The lowest BCUT2D eigenvalue weighted by Gasteiger charge is -2.03. The first-order chi connectivity index (χ1) is 7.31. The molecular formula is C13H10N2.